The Morgan fingerprint density at radius 3 is 2.32 bits per heavy atom. The summed E-state index contributed by atoms with van der Waals surface area (Å²) in [5, 5.41) is 12.0. The van der Waals surface area contributed by atoms with Crippen molar-refractivity contribution in [1.29, 1.82) is 5.26 Å². The van der Waals surface area contributed by atoms with E-state index in [0.717, 1.165) is 22.4 Å². The molecule has 0 unspecified atom stereocenters. The number of nitrogen functional groups attached to an aromatic ring is 1. The predicted octanol–water partition coefficient (Wildman–Crippen LogP) is 5.58. The van der Waals surface area contributed by atoms with Gasteiger partial charge in [0, 0.05) is 11.8 Å². The molecule has 1 aromatic heterocycles. The van der Waals surface area contributed by atoms with Gasteiger partial charge in [0.1, 0.15) is 17.4 Å². The van der Waals surface area contributed by atoms with Gasteiger partial charge in [0.05, 0.1) is 11.6 Å². The largest absolute Gasteiger partial charge is 0.439 e. The lowest BCUT2D eigenvalue weighted by Crippen LogP contribution is -2.02. The van der Waals surface area contributed by atoms with Crippen LogP contribution < -0.4 is 15.8 Å². The molecule has 0 aliphatic carbocycles. The molecule has 6 nitrogen and oxygen atoms in total. The summed E-state index contributed by atoms with van der Waals surface area (Å²) >= 11 is 0. The highest BCUT2D eigenvalue weighted by atomic mass is 19.1. The Balaban J connectivity index is 1.54. The molecular weight excluding hydrogens is 393 g/mol. The van der Waals surface area contributed by atoms with Crippen molar-refractivity contribution in [2.45, 2.75) is 6.92 Å². The van der Waals surface area contributed by atoms with Gasteiger partial charge in [-0.15, -0.1) is 0 Å². The summed E-state index contributed by atoms with van der Waals surface area (Å²) < 4.78 is 19.1. The van der Waals surface area contributed by atoms with E-state index in [-0.39, 0.29) is 17.6 Å². The van der Waals surface area contributed by atoms with Gasteiger partial charge in [-0.1, -0.05) is 18.2 Å². The van der Waals surface area contributed by atoms with Crippen LogP contribution in [-0.4, -0.2) is 9.97 Å². The van der Waals surface area contributed by atoms with E-state index in [9.17, 15) is 4.39 Å². The number of benzene rings is 3. The molecule has 0 aliphatic heterocycles. The van der Waals surface area contributed by atoms with E-state index in [1.54, 1.807) is 36.4 Å². The van der Waals surface area contributed by atoms with Crippen LogP contribution >= 0.6 is 0 Å². The first-order chi connectivity index (χ1) is 15.0. The summed E-state index contributed by atoms with van der Waals surface area (Å²) in [6, 6.07) is 22.5. The number of anilines is 3. The maximum Gasteiger partial charge on any atom is 0.232 e. The van der Waals surface area contributed by atoms with Crippen molar-refractivity contribution in [1.82, 2.24) is 9.97 Å². The normalized spacial score (nSPS) is 10.4. The molecule has 3 aromatic carbocycles. The van der Waals surface area contributed by atoms with Crippen LogP contribution in [0.25, 0.3) is 11.1 Å². The third-order valence-electron chi connectivity index (χ3n) is 4.56. The number of rotatable bonds is 5. The van der Waals surface area contributed by atoms with Crippen LogP contribution in [0.1, 0.15) is 11.1 Å². The highest BCUT2D eigenvalue weighted by Crippen LogP contribution is 2.30. The lowest BCUT2D eigenvalue weighted by molar-refractivity contribution is 0.459. The number of aromatic nitrogens is 2. The minimum atomic E-state index is -0.271. The average molecular weight is 411 g/mol. The number of hydrogen-bond acceptors (Lipinski definition) is 6. The fourth-order valence-corrected chi connectivity index (χ4v) is 3.01. The van der Waals surface area contributed by atoms with Crippen molar-refractivity contribution >= 4 is 17.5 Å². The van der Waals surface area contributed by atoms with Crippen LogP contribution in [0.5, 0.6) is 11.6 Å². The molecule has 1 heterocycles. The Labute approximate surface area is 178 Å². The highest BCUT2D eigenvalue weighted by molar-refractivity contribution is 5.66. The summed E-state index contributed by atoms with van der Waals surface area (Å²) in [7, 11) is 0. The Bertz CT molecular complexity index is 1260. The molecule has 31 heavy (non-hydrogen) atoms. The number of halogens is 1. The maximum absolute atomic E-state index is 13.2. The predicted molar refractivity (Wildman–Crippen MR) is 118 cm³/mol. The van der Waals surface area contributed by atoms with Gasteiger partial charge in [0.2, 0.25) is 11.8 Å². The molecule has 0 bridgehead atoms. The first kappa shape index (κ1) is 19.9. The van der Waals surface area contributed by atoms with E-state index < -0.39 is 0 Å². The van der Waals surface area contributed by atoms with Gasteiger partial charge in [-0.25, -0.2) is 4.39 Å². The second-order valence-corrected chi connectivity index (χ2v) is 6.86. The van der Waals surface area contributed by atoms with Crippen LogP contribution in [0.15, 0.2) is 72.8 Å². The van der Waals surface area contributed by atoms with Crippen molar-refractivity contribution in [3.63, 3.8) is 0 Å². The van der Waals surface area contributed by atoms with E-state index in [4.69, 9.17) is 15.7 Å². The number of hydrogen-bond donors (Lipinski definition) is 2. The van der Waals surface area contributed by atoms with E-state index in [2.05, 4.69) is 21.4 Å². The van der Waals surface area contributed by atoms with Gasteiger partial charge in [0.15, 0.2) is 0 Å². The highest BCUT2D eigenvalue weighted by Gasteiger charge is 2.09. The first-order valence-electron chi connectivity index (χ1n) is 9.46. The number of nitrogens with one attached hydrogen (secondary N) is 1. The molecule has 0 atom stereocenters. The molecule has 0 spiro atoms. The molecule has 152 valence electrons. The molecule has 0 amide bonds. The minimum Gasteiger partial charge on any atom is -0.439 e. The molecule has 7 heteroatoms. The molecule has 4 aromatic rings. The summed E-state index contributed by atoms with van der Waals surface area (Å²) in [5.74, 6) is 1.17. The Kier molecular flexibility index (Phi) is 5.45. The number of ether oxygens (including phenoxy) is 1. The minimum absolute atomic E-state index is 0.252. The molecule has 4 rings (SSSR count). The second kappa shape index (κ2) is 8.51. The van der Waals surface area contributed by atoms with Gasteiger partial charge in [-0.3, -0.25) is 0 Å². The number of nitrogens with two attached hydrogens (primary N) is 1. The molecule has 0 fully saturated rings. The van der Waals surface area contributed by atoms with E-state index in [0.29, 0.717) is 17.2 Å². The zero-order chi connectivity index (χ0) is 21.8. The summed E-state index contributed by atoms with van der Waals surface area (Å²) in [6.07, 6.45) is 0. The van der Waals surface area contributed by atoms with E-state index in [1.165, 1.54) is 18.2 Å². The second-order valence-electron chi connectivity index (χ2n) is 6.86. The molecule has 0 saturated heterocycles. The third kappa shape index (κ3) is 4.77. The fraction of sp³-hybridized carbons (Fsp3) is 0.0417. The summed E-state index contributed by atoms with van der Waals surface area (Å²) in [5.41, 5.74) is 9.95. The number of aryl methyl sites for hydroxylation is 1. The van der Waals surface area contributed by atoms with Crippen LogP contribution in [0.3, 0.4) is 0 Å². The molecule has 0 aliphatic rings. The first-order valence-corrected chi connectivity index (χ1v) is 9.46. The monoisotopic (exact) mass is 411 g/mol. The Hall–Kier alpha value is -4.44. The van der Waals surface area contributed by atoms with Crippen molar-refractivity contribution < 1.29 is 9.13 Å². The van der Waals surface area contributed by atoms with Crippen LogP contribution in [0.2, 0.25) is 0 Å². The fourth-order valence-electron chi connectivity index (χ4n) is 3.01. The third-order valence-corrected chi connectivity index (χ3v) is 4.56. The van der Waals surface area contributed by atoms with Crippen LogP contribution in [-0.2, 0) is 0 Å². The number of nitrogens with zero attached hydrogens (tertiary/aromatic N) is 3. The maximum atomic E-state index is 13.2. The van der Waals surface area contributed by atoms with Crippen LogP contribution in [0.4, 0.5) is 21.8 Å². The van der Waals surface area contributed by atoms with Gasteiger partial charge in [-0.2, -0.15) is 15.2 Å². The summed E-state index contributed by atoms with van der Waals surface area (Å²) in [4.78, 5) is 8.54. The molecular formula is C24H18FN5O. The topological polar surface area (TPSA) is 96.9 Å². The van der Waals surface area contributed by atoms with Gasteiger partial charge in [-0.05, 0) is 72.1 Å². The van der Waals surface area contributed by atoms with Crippen molar-refractivity contribution in [2.24, 2.45) is 0 Å². The van der Waals surface area contributed by atoms with Crippen LogP contribution in [0, 0.1) is 24.1 Å². The van der Waals surface area contributed by atoms with Crippen molar-refractivity contribution in [3.8, 4) is 28.8 Å². The lowest BCUT2D eigenvalue weighted by atomic mass is 10.0. The van der Waals surface area contributed by atoms with Crippen molar-refractivity contribution in [3.05, 3.63) is 89.7 Å². The Morgan fingerprint density at radius 1 is 0.935 bits per heavy atom. The SMILES string of the molecule is Cc1cc(-c2ccc(F)cc2)ccc1Oc1cc(N)nc(Nc2ccc(C#N)cc2)n1. The molecule has 3 N–H and O–H groups in total. The zero-order valence-electron chi connectivity index (χ0n) is 16.6. The van der Waals surface area contributed by atoms with E-state index in [1.807, 2.05) is 25.1 Å². The summed E-state index contributed by atoms with van der Waals surface area (Å²) in [6.45, 7) is 1.92. The Morgan fingerprint density at radius 2 is 1.65 bits per heavy atom. The van der Waals surface area contributed by atoms with E-state index >= 15 is 0 Å². The standard InChI is InChI=1S/C24H18FN5O/c1-15-12-18(17-4-7-19(25)8-5-17)6-11-21(15)31-23-13-22(27)29-24(30-23)28-20-9-2-16(14-26)3-10-20/h2-13H,1H3,(H3,27,28,29,30). The van der Waals surface area contributed by atoms with Gasteiger partial charge >= 0.3 is 0 Å². The average Bonchev–Trinajstić information content (AvgIpc) is 2.76. The molecule has 0 saturated carbocycles. The quantitative estimate of drug-likeness (QED) is 0.445. The number of nitriles is 1. The smallest absolute Gasteiger partial charge is 0.232 e. The van der Waals surface area contributed by atoms with Gasteiger partial charge in [0.25, 0.3) is 0 Å². The molecule has 0 radical (unpaired) electrons. The van der Waals surface area contributed by atoms with Gasteiger partial charge < -0.3 is 15.8 Å². The van der Waals surface area contributed by atoms with Crippen molar-refractivity contribution in [2.75, 3.05) is 11.1 Å². The lowest BCUT2D eigenvalue weighted by Gasteiger charge is -2.12. The zero-order valence-corrected chi connectivity index (χ0v) is 16.6.